The summed E-state index contributed by atoms with van der Waals surface area (Å²) in [5.41, 5.74) is -2.49. The van der Waals surface area contributed by atoms with Crippen LogP contribution >= 0.6 is 0 Å². The quantitative estimate of drug-likeness (QED) is 0.154. The average Bonchev–Trinajstić information content (AvgIpc) is 2.66. The van der Waals surface area contributed by atoms with Crippen molar-refractivity contribution < 1.29 is 43.6 Å². The van der Waals surface area contributed by atoms with Gasteiger partial charge in [0.15, 0.2) is 5.39 Å². The molecule has 0 amide bonds. The molecule has 0 unspecified atom stereocenters. The second-order valence-electron chi connectivity index (χ2n) is 6.74. The third-order valence-electron chi connectivity index (χ3n) is 4.84. The third kappa shape index (κ3) is 2.55. The van der Waals surface area contributed by atoms with E-state index in [-0.39, 0.29) is 50.2 Å². The number of hydrogen-bond donors (Lipinski definition) is 5. The summed E-state index contributed by atoms with van der Waals surface area (Å²) in [4.78, 5) is 23.5. The summed E-state index contributed by atoms with van der Waals surface area (Å²) in [6.07, 6.45) is 1.12. The van der Waals surface area contributed by atoms with Gasteiger partial charge in [-0.1, -0.05) is 0 Å². The molecule has 0 fully saturated rings. The first-order valence-corrected chi connectivity index (χ1v) is 8.73. The molecule has 0 saturated carbocycles. The van der Waals surface area contributed by atoms with Gasteiger partial charge in [0, 0.05) is 29.8 Å². The molecule has 6 N–H and O–H groups in total. The summed E-state index contributed by atoms with van der Waals surface area (Å²) in [7, 11) is 0. The van der Waals surface area contributed by atoms with Crippen molar-refractivity contribution in [1.82, 2.24) is 0 Å². The van der Waals surface area contributed by atoms with Gasteiger partial charge in [-0.05, 0) is 0 Å². The van der Waals surface area contributed by atoms with Gasteiger partial charge in [-0.25, -0.2) is 4.79 Å². The van der Waals surface area contributed by atoms with Gasteiger partial charge in [-0.15, -0.1) is 0 Å². The summed E-state index contributed by atoms with van der Waals surface area (Å²) in [6, 6.07) is 5.37. The lowest BCUT2D eigenvalue weighted by Gasteiger charge is -2.08. The maximum atomic E-state index is 12.7. The van der Waals surface area contributed by atoms with Crippen LogP contribution in [0.5, 0.6) is 28.7 Å². The molecule has 31 heavy (non-hydrogen) atoms. The zero-order chi connectivity index (χ0) is 22.0. The largest absolute Gasteiger partial charge is 0.542 e. The molecule has 0 spiro atoms. The molecule has 0 atom stereocenters. The van der Waals surface area contributed by atoms with Crippen LogP contribution in [0.15, 0.2) is 54.6 Å². The molecule has 3 aromatic heterocycles. The summed E-state index contributed by atoms with van der Waals surface area (Å²) >= 11 is 0. The molecule has 10 nitrogen and oxygen atoms in total. The molecule has 0 aliphatic heterocycles. The number of hydrogen-bond acceptors (Lipinski definition) is 8. The zero-order valence-corrected chi connectivity index (χ0v) is 15.3. The Bertz CT molecular complexity index is 1680. The van der Waals surface area contributed by atoms with Crippen LogP contribution in [0, 0.1) is 0 Å². The van der Waals surface area contributed by atoms with Gasteiger partial charge in [0.25, 0.3) is 5.58 Å². The van der Waals surface area contributed by atoms with Crippen molar-refractivity contribution in [2.75, 3.05) is 0 Å². The van der Waals surface area contributed by atoms with Crippen molar-refractivity contribution in [2.45, 2.75) is 0 Å². The molecule has 0 aliphatic carbocycles. The summed E-state index contributed by atoms with van der Waals surface area (Å²) in [5, 5.41) is 49.8. The Hall–Kier alpha value is -4.73. The number of benzene rings is 2. The number of rotatable bonds is 1. The van der Waals surface area contributed by atoms with Crippen LogP contribution in [0.3, 0.4) is 0 Å². The first-order valence-electron chi connectivity index (χ1n) is 8.73. The predicted octanol–water partition coefficient (Wildman–Crippen LogP) is 2.77. The number of phenolic OH excluding ortho intramolecular Hbond substituents is 4. The van der Waals surface area contributed by atoms with Gasteiger partial charge in [-0.3, -0.25) is 13.6 Å². The van der Waals surface area contributed by atoms with Crippen LogP contribution in [0.2, 0.25) is 0 Å². The minimum absolute atomic E-state index is 0.0856. The highest BCUT2D eigenvalue weighted by atomic mass is 16.5. The minimum Gasteiger partial charge on any atom is -0.508 e. The van der Waals surface area contributed by atoms with E-state index in [1.54, 1.807) is 0 Å². The van der Waals surface area contributed by atoms with Crippen LogP contribution in [-0.4, -0.2) is 30.3 Å². The zero-order valence-electron chi connectivity index (χ0n) is 15.3. The Kier molecular flexibility index (Phi) is 3.62. The lowest BCUT2D eigenvalue weighted by Crippen LogP contribution is -2.10. The average molecular weight is 424 g/mol. The molecular weight excluding hydrogens is 412 g/mol. The van der Waals surface area contributed by atoms with Crippen LogP contribution in [-0.2, 0) is 0 Å². The lowest BCUT2D eigenvalue weighted by atomic mass is 10.0. The molecule has 3 heterocycles. The number of fused-ring (bicyclic) bond motifs is 3. The molecular formula is C21H12O10+2. The van der Waals surface area contributed by atoms with E-state index in [9.17, 15) is 35.1 Å². The minimum atomic E-state index is -1.04. The predicted molar refractivity (Wildman–Crippen MR) is 105 cm³/mol. The van der Waals surface area contributed by atoms with Gasteiger partial charge >= 0.3 is 16.8 Å². The smallest absolute Gasteiger partial charge is 0.508 e. The normalized spacial score (nSPS) is 11.5. The molecule has 154 valence electrons. The Morgan fingerprint density at radius 3 is 2.10 bits per heavy atom. The second-order valence-corrected chi connectivity index (χ2v) is 6.74. The number of aromatic hydroxyl groups is 5. The monoisotopic (exact) mass is 424 g/mol. The molecule has 0 saturated heterocycles. The van der Waals surface area contributed by atoms with E-state index in [2.05, 4.69) is 0 Å². The molecule has 10 heteroatoms. The Morgan fingerprint density at radius 1 is 0.806 bits per heavy atom. The molecule has 0 aliphatic rings. The third-order valence-corrected chi connectivity index (χ3v) is 4.84. The van der Waals surface area contributed by atoms with Crippen LogP contribution in [0.25, 0.3) is 44.2 Å². The standard InChI is InChI=1S/C21H10O10/c22-7-3-10(24)16-12(5-7)30-20(28)14(18(16)26)9-1-2-29-21-15(9)19(27)17-11(25)4-8(23)6-13(17)31-21/h1-6H,(H4-,22,23,24,25,26,27,28)/p+2. The van der Waals surface area contributed by atoms with Crippen LogP contribution in [0.1, 0.15) is 0 Å². The van der Waals surface area contributed by atoms with Gasteiger partial charge in [0.1, 0.15) is 45.3 Å². The van der Waals surface area contributed by atoms with Gasteiger partial charge in [-0.2, -0.15) is 0 Å². The molecule has 2 aromatic carbocycles. The van der Waals surface area contributed by atoms with Gasteiger partial charge < -0.3 is 29.9 Å². The maximum Gasteiger partial charge on any atom is 0.542 e. The van der Waals surface area contributed by atoms with Crippen molar-refractivity contribution >= 4 is 33.1 Å². The second kappa shape index (κ2) is 6.13. The van der Waals surface area contributed by atoms with Crippen molar-refractivity contribution in [3.05, 3.63) is 52.4 Å². The summed E-state index contributed by atoms with van der Waals surface area (Å²) < 4.78 is 15.9. The SMILES string of the molecule is O=c1oc2cc(O)cc(O)c2c(O)c1-c1cc[o+]c2oc3cc(O)cc(O)c3c(=[OH+])c12. The first kappa shape index (κ1) is 18.3. The fourth-order valence-corrected chi connectivity index (χ4v) is 3.57. The molecule has 0 radical (unpaired) electrons. The molecule has 5 rings (SSSR count). The maximum absolute atomic E-state index is 12.7. The van der Waals surface area contributed by atoms with Crippen LogP contribution < -0.4 is 11.1 Å². The first-order chi connectivity index (χ1) is 14.8. The fourth-order valence-electron chi connectivity index (χ4n) is 3.57. The van der Waals surface area contributed by atoms with Crippen molar-refractivity contribution in [1.29, 1.82) is 0 Å². The number of phenols is 4. The topological polar surface area (TPSA) is 177 Å². The van der Waals surface area contributed by atoms with Gasteiger partial charge in [0.2, 0.25) is 11.6 Å². The summed E-state index contributed by atoms with van der Waals surface area (Å²) in [5.74, 6) is -2.72. The van der Waals surface area contributed by atoms with Crippen molar-refractivity contribution in [3.8, 4) is 39.9 Å². The molecule has 5 aromatic rings. The molecule has 0 bridgehead atoms. The van der Waals surface area contributed by atoms with Gasteiger partial charge in [0.05, 0.1) is 6.07 Å². The van der Waals surface area contributed by atoms with E-state index in [1.165, 1.54) is 6.07 Å². The Labute approximate surface area is 169 Å². The van der Waals surface area contributed by atoms with E-state index >= 15 is 0 Å². The highest BCUT2D eigenvalue weighted by Crippen LogP contribution is 2.41. The Morgan fingerprint density at radius 2 is 1.42 bits per heavy atom. The summed E-state index contributed by atoms with van der Waals surface area (Å²) in [6.45, 7) is 0. The van der Waals surface area contributed by atoms with E-state index in [0.29, 0.717) is 0 Å². The van der Waals surface area contributed by atoms with E-state index in [4.69, 9.17) is 13.3 Å². The van der Waals surface area contributed by atoms with E-state index < -0.39 is 33.9 Å². The van der Waals surface area contributed by atoms with E-state index in [1.807, 2.05) is 0 Å². The Balaban J connectivity index is 1.97. The van der Waals surface area contributed by atoms with Crippen molar-refractivity contribution in [3.63, 3.8) is 0 Å². The van der Waals surface area contributed by atoms with Crippen LogP contribution in [0.4, 0.5) is 0 Å². The highest BCUT2D eigenvalue weighted by Gasteiger charge is 2.31. The van der Waals surface area contributed by atoms with E-state index in [0.717, 1.165) is 30.5 Å². The van der Waals surface area contributed by atoms with Crippen molar-refractivity contribution in [2.24, 2.45) is 0 Å². The fraction of sp³-hybridized carbons (Fsp3) is 0. The highest BCUT2D eigenvalue weighted by molar-refractivity contribution is 6.02. The lowest BCUT2D eigenvalue weighted by molar-refractivity contribution is 0.441.